The number of aromatic hydroxyl groups is 1. The average Bonchev–Trinajstić information content (AvgIpc) is 2.94. The maximum Gasteiger partial charge on any atom is 0.354 e. The van der Waals surface area contributed by atoms with Gasteiger partial charge in [0.05, 0.1) is 15.4 Å². The first-order valence-corrected chi connectivity index (χ1v) is 14.9. The van der Waals surface area contributed by atoms with E-state index >= 15 is 0 Å². The fourth-order valence-electron chi connectivity index (χ4n) is 3.91. The number of carbonyl (C=O) groups excluding carboxylic acids is 1. The lowest BCUT2D eigenvalue weighted by molar-refractivity contribution is 0.0747. The lowest BCUT2D eigenvalue weighted by Gasteiger charge is -2.10. The van der Waals surface area contributed by atoms with E-state index < -0.39 is 25.9 Å². The molecule has 5 rings (SSSR count). The Balaban J connectivity index is 1.28. The van der Waals surface area contributed by atoms with Crippen LogP contribution in [0.15, 0.2) is 124 Å². The molecule has 0 heterocycles. The summed E-state index contributed by atoms with van der Waals surface area (Å²) in [6, 6.07) is 25.9. The summed E-state index contributed by atoms with van der Waals surface area (Å²) < 4.78 is 61.9. The van der Waals surface area contributed by atoms with Crippen LogP contribution < -0.4 is 4.74 Å². The van der Waals surface area contributed by atoms with Crippen molar-refractivity contribution in [1.82, 2.24) is 0 Å². The monoisotopic (exact) mass is 594 g/mol. The molecular weight excluding hydrogens is 576 g/mol. The average molecular weight is 595 g/mol. The smallest absolute Gasteiger partial charge is 0.354 e. The second-order valence-corrected chi connectivity index (χ2v) is 12.4. The molecule has 0 saturated heterocycles. The van der Waals surface area contributed by atoms with Crippen LogP contribution in [0.4, 0.5) is 0 Å². The number of sulfone groups is 1. The number of benzene rings is 5. The number of fused-ring (bicyclic) bond motifs is 1. The molecule has 0 unspecified atom stereocenters. The maximum absolute atomic E-state index is 12.9. The summed E-state index contributed by atoms with van der Waals surface area (Å²) in [5.41, 5.74) is -0.0385. The van der Waals surface area contributed by atoms with Crippen LogP contribution in [0.25, 0.3) is 10.8 Å². The standard InChI is InChI=1S/C29H19ClO8S2/c30-20-9-15-23(16-10-20)39(33,34)24-17-13-22(14-18-24)37-21-11-7-19(8-12-21)29(32)38-40(35,36)28-6-2-3-25-26(28)4-1-5-27(25)31/h1-18,31H. The van der Waals surface area contributed by atoms with Gasteiger partial charge in [0, 0.05) is 15.8 Å². The van der Waals surface area contributed by atoms with E-state index in [4.69, 9.17) is 20.5 Å². The molecule has 0 atom stereocenters. The molecule has 202 valence electrons. The summed E-state index contributed by atoms with van der Waals surface area (Å²) in [5.74, 6) is -0.542. The van der Waals surface area contributed by atoms with Gasteiger partial charge in [-0.2, -0.15) is 8.42 Å². The molecule has 0 aliphatic heterocycles. The zero-order valence-corrected chi connectivity index (χ0v) is 22.8. The van der Waals surface area contributed by atoms with E-state index in [1.807, 2.05) is 0 Å². The molecule has 0 amide bonds. The maximum atomic E-state index is 12.9. The lowest BCUT2D eigenvalue weighted by atomic mass is 10.1. The van der Waals surface area contributed by atoms with Gasteiger partial charge in [-0.05, 0) is 84.9 Å². The van der Waals surface area contributed by atoms with Gasteiger partial charge in [-0.1, -0.05) is 35.9 Å². The van der Waals surface area contributed by atoms with Gasteiger partial charge in [0.1, 0.15) is 22.1 Å². The van der Waals surface area contributed by atoms with Crippen molar-refractivity contribution in [3.63, 3.8) is 0 Å². The number of hydrogen-bond donors (Lipinski definition) is 1. The van der Waals surface area contributed by atoms with Crippen molar-refractivity contribution in [2.24, 2.45) is 0 Å². The van der Waals surface area contributed by atoms with Gasteiger partial charge in [-0.25, -0.2) is 13.2 Å². The molecule has 11 heteroatoms. The van der Waals surface area contributed by atoms with Crippen LogP contribution in [0, 0.1) is 0 Å². The number of carbonyl (C=O) groups is 1. The van der Waals surface area contributed by atoms with Crippen LogP contribution >= 0.6 is 11.6 Å². The van der Waals surface area contributed by atoms with Crippen molar-refractivity contribution < 1.29 is 35.7 Å². The third-order valence-electron chi connectivity index (χ3n) is 5.90. The topological polar surface area (TPSA) is 124 Å². The minimum absolute atomic E-state index is 0.0385. The first-order chi connectivity index (χ1) is 19.0. The minimum Gasteiger partial charge on any atom is -0.507 e. The predicted octanol–water partition coefficient (Wildman–Crippen LogP) is 6.37. The molecule has 1 N–H and O–H groups in total. The number of hydrogen-bond acceptors (Lipinski definition) is 8. The molecule has 0 aromatic heterocycles. The van der Waals surface area contributed by atoms with E-state index in [9.17, 15) is 26.7 Å². The van der Waals surface area contributed by atoms with Crippen LogP contribution in [-0.2, 0) is 24.1 Å². The van der Waals surface area contributed by atoms with Gasteiger partial charge in [0.25, 0.3) is 0 Å². The fourth-order valence-corrected chi connectivity index (χ4v) is 6.37. The van der Waals surface area contributed by atoms with Crippen LogP contribution in [-0.4, -0.2) is 27.9 Å². The molecule has 0 spiro atoms. The highest BCUT2D eigenvalue weighted by atomic mass is 35.5. The Kier molecular flexibility index (Phi) is 7.24. The first-order valence-electron chi connectivity index (χ1n) is 11.6. The third-order valence-corrected chi connectivity index (χ3v) is 9.20. The van der Waals surface area contributed by atoms with Gasteiger partial charge in [-0.15, -0.1) is 0 Å². The Morgan fingerprint density at radius 2 is 1.18 bits per heavy atom. The summed E-state index contributed by atoms with van der Waals surface area (Å²) in [6.45, 7) is 0. The van der Waals surface area contributed by atoms with Gasteiger partial charge < -0.3 is 14.0 Å². The molecule has 8 nitrogen and oxygen atoms in total. The summed E-state index contributed by atoms with van der Waals surface area (Å²) in [4.78, 5) is 12.5. The number of ether oxygens (including phenoxy) is 1. The van der Waals surface area contributed by atoms with E-state index in [0.29, 0.717) is 21.9 Å². The molecule has 0 saturated carbocycles. The summed E-state index contributed by atoms with van der Waals surface area (Å²) >= 11 is 5.84. The van der Waals surface area contributed by atoms with Gasteiger partial charge >= 0.3 is 16.1 Å². The van der Waals surface area contributed by atoms with Gasteiger partial charge in [0.2, 0.25) is 9.84 Å². The molecule has 0 fully saturated rings. The molecule has 40 heavy (non-hydrogen) atoms. The Hall–Kier alpha value is -4.38. The van der Waals surface area contributed by atoms with E-state index in [1.165, 1.54) is 103 Å². The van der Waals surface area contributed by atoms with Crippen molar-refractivity contribution >= 4 is 48.3 Å². The highest BCUT2D eigenvalue weighted by Crippen LogP contribution is 2.31. The second-order valence-electron chi connectivity index (χ2n) is 8.51. The summed E-state index contributed by atoms with van der Waals surface area (Å²) in [5, 5.41) is 11.0. The van der Waals surface area contributed by atoms with E-state index in [-0.39, 0.29) is 31.4 Å². The summed E-state index contributed by atoms with van der Waals surface area (Å²) in [7, 11) is -8.23. The number of halogens is 1. The molecule has 5 aromatic rings. The van der Waals surface area contributed by atoms with E-state index in [0.717, 1.165) is 0 Å². The molecule has 0 radical (unpaired) electrons. The largest absolute Gasteiger partial charge is 0.507 e. The molecular formula is C29H19ClO8S2. The highest BCUT2D eigenvalue weighted by molar-refractivity contribution is 7.91. The zero-order valence-electron chi connectivity index (χ0n) is 20.4. The number of phenolic OH excluding ortho intramolecular Hbond substituents is 1. The highest BCUT2D eigenvalue weighted by Gasteiger charge is 2.24. The first kappa shape index (κ1) is 27.2. The SMILES string of the molecule is O=C(OS(=O)(=O)c1cccc2c(O)cccc12)c1ccc(Oc2ccc(S(=O)(=O)c3ccc(Cl)cc3)cc2)cc1. The van der Waals surface area contributed by atoms with Crippen molar-refractivity contribution in [2.75, 3.05) is 0 Å². The Morgan fingerprint density at radius 1 is 0.650 bits per heavy atom. The fraction of sp³-hybridized carbons (Fsp3) is 0. The Morgan fingerprint density at radius 3 is 1.80 bits per heavy atom. The van der Waals surface area contributed by atoms with E-state index in [1.54, 1.807) is 6.07 Å². The van der Waals surface area contributed by atoms with E-state index in [2.05, 4.69) is 0 Å². The third kappa shape index (κ3) is 5.50. The minimum atomic E-state index is -4.50. The molecule has 0 bridgehead atoms. The van der Waals surface area contributed by atoms with Crippen LogP contribution in [0.1, 0.15) is 10.4 Å². The van der Waals surface area contributed by atoms with Crippen LogP contribution in [0.5, 0.6) is 17.2 Å². The predicted molar refractivity (Wildman–Crippen MR) is 148 cm³/mol. The van der Waals surface area contributed by atoms with Crippen LogP contribution in [0.2, 0.25) is 5.02 Å². The molecule has 0 aliphatic rings. The Labute approximate surface area is 235 Å². The quantitative estimate of drug-likeness (QED) is 0.216. The van der Waals surface area contributed by atoms with Crippen molar-refractivity contribution in [3.8, 4) is 17.2 Å². The Bertz CT molecular complexity index is 1940. The second kappa shape index (κ2) is 10.6. The van der Waals surface area contributed by atoms with Gasteiger partial charge in [-0.3, -0.25) is 0 Å². The number of rotatable bonds is 7. The van der Waals surface area contributed by atoms with Gasteiger partial charge in [0.15, 0.2) is 0 Å². The van der Waals surface area contributed by atoms with Crippen molar-refractivity contribution in [3.05, 3.63) is 120 Å². The lowest BCUT2D eigenvalue weighted by Crippen LogP contribution is -2.14. The zero-order chi connectivity index (χ0) is 28.5. The summed E-state index contributed by atoms with van der Waals surface area (Å²) in [6.07, 6.45) is 0. The van der Waals surface area contributed by atoms with Crippen molar-refractivity contribution in [2.45, 2.75) is 14.7 Å². The van der Waals surface area contributed by atoms with Crippen LogP contribution in [0.3, 0.4) is 0 Å². The van der Waals surface area contributed by atoms with Crippen molar-refractivity contribution in [1.29, 1.82) is 0 Å². The molecule has 5 aromatic carbocycles. The number of phenols is 1. The molecule has 0 aliphatic carbocycles. The normalized spacial score (nSPS) is 11.7.